The van der Waals surface area contributed by atoms with Crippen LogP contribution in [0.5, 0.6) is 5.75 Å². The molecule has 3 aromatic rings. The van der Waals surface area contributed by atoms with Crippen LogP contribution in [0.25, 0.3) is 16.3 Å². The molecule has 1 fully saturated rings. The molecule has 0 saturated carbocycles. The molecule has 1 atom stereocenters. The maximum Gasteiger partial charge on any atom is 0.295 e. The largest absolute Gasteiger partial charge is 0.505 e. The number of benzene rings is 2. The van der Waals surface area contributed by atoms with Crippen molar-refractivity contribution in [1.29, 1.82) is 0 Å². The Morgan fingerprint density at radius 1 is 1.12 bits per heavy atom. The van der Waals surface area contributed by atoms with E-state index in [1.807, 2.05) is 68.4 Å². The third-order valence-corrected chi connectivity index (χ3v) is 6.82. The molecule has 1 aromatic heterocycles. The highest BCUT2D eigenvalue weighted by molar-refractivity contribution is 7.15. The second-order valence-corrected chi connectivity index (χ2v) is 9.56. The second-order valence-electron chi connectivity index (χ2n) is 8.36. The minimum atomic E-state index is -0.716. The normalized spacial score (nSPS) is 17.6. The lowest BCUT2D eigenvalue weighted by Crippen LogP contribution is -2.35. The first-order chi connectivity index (χ1) is 16.3. The third-order valence-electron chi connectivity index (χ3n) is 5.80. The molecule has 0 aliphatic carbocycles. The highest BCUT2D eigenvalue weighted by Crippen LogP contribution is 2.41. The summed E-state index contributed by atoms with van der Waals surface area (Å²) in [6.07, 6.45) is 0. The molecule has 0 spiro atoms. The number of methoxy groups -OCH3 is 1. The molecule has 7 nitrogen and oxygen atoms in total. The maximum absolute atomic E-state index is 13.2. The van der Waals surface area contributed by atoms with Crippen LogP contribution in [-0.4, -0.2) is 65.9 Å². The first kappa shape index (κ1) is 23.7. The van der Waals surface area contributed by atoms with Gasteiger partial charge in [0, 0.05) is 23.5 Å². The van der Waals surface area contributed by atoms with Crippen molar-refractivity contribution in [2.75, 3.05) is 34.3 Å². The first-order valence-corrected chi connectivity index (χ1v) is 11.7. The van der Waals surface area contributed by atoms with Gasteiger partial charge >= 0.3 is 0 Å². The van der Waals surface area contributed by atoms with Gasteiger partial charge in [-0.1, -0.05) is 42.5 Å². The van der Waals surface area contributed by atoms with Gasteiger partial charge in [0.25, 0.3) is 11.7 Å². The number of amides is 1. The predicted octanol–water partition coefficient (Wildman–Crippen LogP) is 4.11. The molecule has 4 rings (SSSR count). The smallest absolute Gasteiger partial charge is 0.295 e. The molecule has 1 N–H and O–H groups in total. The molecule has 0 radical (unpaired) electrons. The molecule has 0 unspecified atom stereocenters. The number of hydrogen-bond acceptors (Lipinski definition) is 7. The Balaban J connectivity index is 1.83. The topological polar surface area (TPSA) is 83.0 Å². The van der Waals surface area contributed by atoms with Gasteiger partial charge < -0.3 is 19.6 Å². The lowest BCUT2D eigenvalue weighted by Gasteiger charge is -2.26. The van der Waals surface area contributed by atoms with E-state index >= 15 is 0 Å². The molecule has 2 aromatic carbocycles. The van der Waals surface area contributed by atoms with Gasteiger partial charge in [0.1, 0.15) is 16.5 Å². The van der Waals surface area contributed by atoms with Crippen molar-refractivity contribution in [2.24, 2.45) is 0 Å². The lowest BCUT2D eigenvalue weighted by molar-refractivity contribution is -0.140. The molecule has 8 heteroatoms. The molecule has 1 aliphatic rings. The SMILES string of the molecule is COc1ccc([C@@H]2C(=C(O)c3nc(-c4ccccc4)sc3C)C(=O)C(=O)N2CCN(C)C)cc1. The number of Topliss-reactive ketones (excluding diaryl/α,β-unsaturated/α-hetero) is 1. The molecule has 2 heterocycles. The number of aliphatic hydroxyl groups excluding tert-OH is 1. The number of ketones is 1. The van der Waals surface area contributed by atoms with Crippen molar-refractivity contribution < 1.29 is 19.4 Å². The van der Waals surface area contributed by atoms with Crippen LogP contribution in [0.1, 0.15) is 22.2 Å². The van der Waals surface area contributed by atoms with Crippen LogP contribution in [0.2, 0.25) is 0 Å². The number of thiazole rings is 1. The number of aryl methyl sites for hydroxylation is 1. The van der Waals surface area contributed by atoms with Gasteiger partial charge in [0.05, 0.1) is 18.7 Å². The number of aliphatic hydroxyl groups is 1. The summed E-state index contributed by atoms with van der Waals surface area (Å²) in [7, 11) is 5.39. The maximum atomic E-state index is 13.2. The van der Waals surface area contributed by atoms with E-state index in [4.69, 9.17) is 4.74 Å². The van der Waals surface area contributed by atoms with E-state index < -0.39 is 17.7 Å². The van der Waals surface area contributed by atoms with Crippen LogP contribution < -0.4 is 4.74 Å². The average Bonchev–Trinajstić information content (AvgIpc) is 3.35. The first-order valence-electron chi connectivity index (χ1n) is 10.9. The van der Waals surface area contributed by atoms with Crippen molar-refractivity contribution in [3.05, 3.63) is 76.3 Å². The Morgan fingerprint density at radius 3 is 2.41 bits per heavy atom. The number of rotatable bonds is 7. The number of hydrogen-bond donors (Lipinski definition) is 1. The summed E-state index contributed by atoms with van der Waals surface area (Å²) < 4.78 is 5.26. The Morgan fingerprint density at radius 2 is 1.79 bits per heavy atom. The lowest BCUT2D eigenvalue weighted by atomic mass is 9.96. The predicted molar refractivity (Wildman–Crippen MR) is 133 cm³/mol. The van der Waals surface area contributed by atoms with Crippen LogP contribution in [0.3, 0.4) is 0 Å². The van der Waals surface area contributed by atoms with Crippen molar-refractivity contribution in [3.8, 4) is 16.3 Å². The summed E-state index contributed by atoms with van der Waals surface area (Å²) in [6.45, 7) is 2.77. The second kappa shape index (κ2) is 9.79. The standard InChI is InChI=1S/C26H27N3O4S/c1-16-21(27-25(34-16)18-8-6-5-7-9-18)23(30)20-22(17-10-12-19(33-4)13-11-17)29(15-14-28(2)3)26(32)24(20)31/h5-13,22,30H,14-15H2,1-4H3/t22-/m1/s1. The molecule has 1 amide bonds. The van der Waals surface area contributed by atoms with Crippen molar-refractivity contribution >= 4 is 28.8 Å². The number of carbonyl (C=O) groups excluding carboxylic acids is 2. The van der Waals surface area contributed by atoms with Gasteiger partial charge in [0.2, 0.25) is 0 Å². The number of likely N-dealkylation sites (tertiary alicyclic amines) is 1. The van der Waals surface area contributed by atoms with Crippen LogP contribution in [-0.2, 0) is 9.59 Å². The number of ether oxygens (including phenoxy) is 1. The number of aromatic nitrogens is 1. The van der Waals surface area contributed by atoms with Gasteiger partial charge in [-0.05, 0) is 38.7 Å². The summed E-state index contributed by atoms with van der Waals surface area (Å²) in [5, 5.41) is 12.1. The van der Waals surface area contributed by atoms with Crippen LogP contribution >= 0.6 is 11.3 Å². The number of carbonyl (C=O) groups is 2. The zero-order valence-corrected chi connectivity index (χ0v) is 20.4. The van der Waals surface area contributed by atoms with Crippen LogP contribution in [0, 0.1) is 6.92 Å². The Kier molecular flexibility index (Phi) is 6.81. The average molecular weight is 478 g/mol. The fraction of sp³-hybridized carbons (Fsp3) is 0.269. The van der Waals surface area contributed by atoms with E-state index in [0.29, 0.717) is 24.5 Å². The molecule has 1 saturated heterocycles. The summed E-state index contributed by atoms with van der Waals surface area (Å²) in [6, 6.07) is 16.1. The highest BCUT2D eigenvalue weighted by Gasteiger charge is 2.46. The van der Waals surface area contributed by atoms with E-state index in [0.717, 1.165) is 21.0 Å². The van der Waals surface area contributed by atoms with Crippen molar-refractivity contribution in [3.63, 3.8) is 0 Å². The minimum absolute atomic E-state index is 0.0573. The summed E-state index contributed by atoms with van der Waals surface area (Å²) >= 11 is 1.44. The molecule has 1 aliphatic heterocycles. The van der Waals surface area contributed by atoms with E-state index in [9.17, 15) is 14.7 Å². The van der Waals surface area contributed by atoms with E-state index in [-0.39, 0.29) is 11.3 Å². The monoisotopic (exact) mass is 477 g/mol. The van der Waals surface area contributed by atoms with Crippen molar-refractivity contribution in [2.45, 2.75) is 13.0 Å². The molecule has 0 bridgehead atoms. The third kappa shape index (κ3) is 4.47. The van der Waals surface area contributed by atoms with Gasteiger partial charge in [-0.2, -0.15) is 0 Å². The highest BCUT2D eigenvalue weighted by atomic mass is 32.1. The van der Waals surface area contributed by atoms with Gasteiger partial charge in [0.15, 0.2) is 5.76 Å². The Hall–Kier alpha value is -3.49. The molecular formula is C26H27N3O4S. The fourth-order valence-electron chi connectivity index (χ4n) is 4.00. The summed E-state index contributed by atoms with van der Waals surface area (Å²) in [4.78, 5) is 35.1. The zero-order valence-electron chi connectivity index (χ0n) is 19.6. The summed E-state index contributed by atoms with van der Waals surface area (Å²) in [5.41, 5.74) is 2.03. The van der Waals surface area contributed by atoms with Crippen LogP contribution in [0.4, 0.5) is 0 Å². The fourth-order valence-corrected chi connectivity index (χ4v) is 4.92. The molecular weight excluding hydrogens is 450 g/mol. The van der Waals surface area contributed by atoms with E-state index in [1.54, 1.807) is 19.2 Å². The molecule has 176 valence electrons. The molecule has 34 heavy (non-hydrogen) atoms. The van der Waals surface area contributed by atoms with Crippen molar-refractivity contribution in [1.82, 2.24) is 14.8 Å². The van der Waals surface area contributed by atoms with E-state index in [1.165, 1.54) is 16.2 Å². The van der Waals surface area contributed by atoms with Gasteiger partial charge in [-0.25, -0.2) is 4.98 Å². The quantitative estimate of drug-likeness (QED) is 0.313. The van der Waals surface area contributed by atoms with Gasteiger partial charge in [-0.15, -0.1) is 11.3 Å². The minimum Gasteiger partial charge on any atom is -0.505 e. The van der Waals surface area contributed by atoms with Crippen LogP contribution in [0.15, 0.2) is 60.2 Å². The van der Waals surface area contributed by atoms with Gasteiger partial charge in [-0.3, -0.25) is 9.59 Å². The summed E-state index contributed by atoms with van der Waals surface area (Å²) in [5.74, 6) is -0.912. The number of likely N-dealkylation sites (N-methyl/N-ethyl adjacent to an activating group) is 1. The van der Waals surface area contributed by atoms with E-state index in [2.05, 4.69) is 4.98 Å². The Labute approximate surface area is 202 Å². The Bertz CT molecular complexity index is 1230. The zero-order chi connectivity index (χ0) is 24.4. The number of nitrogens with zero attached hydrogens (tertiary/aromatic N) is 3.